The van der Waals surface area contributed by atoms with Gasteiger partial charge in [0.05, 0.1) is 16.3 Å². The molecule has 0 unspecified atom stereocenters. The molecule has 6 heteroatoms. The van der Waals surface area contributed by atoms with E-state index in [1.807, 2.05) is 50.2 Å². The van der Waals surface area contributed by atoms with Crippen molar-refractivity contribution in [2.45, 2.75) is 25.2 Å². The summed E-state index contributed by atoms with van der Waals surface area (Å²) in [6.45, 7) is 4.13. The summed E-state index contributed by atoms with van der Waals surface area (Å²) in [4.78, 5) is 0.323. The Hall–Kier alpha value is -2.60. The summed E-state index contributed by atoms with van der Waals surface area (Å²) >= 11 is 0. The van der Waals surface area contributed by atoms with Crippen LogP contribution in [-0.2, 0) is 16.4 Å². The van der Waals surface area contributed by atoms with Crippen LogP contribution < -0.4 is 4.31 Å². The van der Waals surface area contributed by atoms with Gasteiger partial charge in [0.1, 0.15) is 0 Å². The van der Waals surface area contributed by atoms with E-state index >= 15 is 0 Å². The molecule has 1 aliphatic rings. The van der Waals surface area contributed by atoms with E-state index in [4.69, 9.17) is 4.52 Å². The summed E-state index contributed by atoms with van der Waals surface area (Å²) in [6.07, 6.45) is 0.740. The van der Waals surface area contributed by atoms with Crippen LogP contribution in [0.1, 0.15) is 16.8 Å². The van der Waals surface area contributed by atoms with E-state index in [0.29, 0.717) is 22.8 Å². The minimum Gasteiger partial charge on any atom is -0.356 e. The summed E-state index contributed by atoms with van der Waals surface area (Å²) < 4.78 is 33.1. The number of fused-ring (bicyclic) bond motifs is 1. The number of hydrogen-bond donors (Lipinski definition) is 0. The Bertz CT molecular complexity index is 1050. The van der Waals surface area contributed by atoms with E-state index in [0.717, 1.165) is 28.9 Å². The lowest BCUT2D eigenvalue weighted by Gasteiger charge is -2.21. The molecule has 0 bridgehead atoms. The van der Waals surface area contributed by atoms with Gasteiger partial charge in [0.25, 0.3) is 10.0 Å². The third kappa shape index (κ3) is 2.62. The number of sulfonamides is 1. The van der Waals surface area contributed by atoms with Gasteiger partial charge in [0, 0.05) is 18.2 Å². The minimum absolute atomic E-state index is 0.323. The summed E-state index contributed by atoms with van der Waals surface area (Å²) in [5.41, 5.74) is 4.14. The van der Waals surface area contributed by atoms with E-state index in [9.17, 15) is 8.42 Å². The zero-order chi connectivity index (χ0) is 17.6. The van der Waals surface area contributed by atoms with Crippen LogP contribution in [0.15, 0.2) is 57.9 Å². The van der Waals surface area contributed by atoms with E-state index in [1.54, 1.807) is 12.1 Å². The number of nitrogens with zero attached hydrogens (tertiary/aromatic N) is 2. The smallest absolute Gasteiger partial charge is 0.264 e. The number of aryl methyl sites for hydroxylation is 2. The quantitative estimate of drug-likeness (QED) is 0.719. The maximum absolute atomic E-state index is 13.2. The predicted molar refractivity (Wildman–Crippen MR) is 96.1 cm³/mol. The largest absolute Gasteiger partial charge is 0.356 e. The van der Waals surface area contributed by atoms with Crippen LogP contribution in [-0.4, -0.2) is 20.1 Å². The number of para-hydroxylation sites is 1. The highest BCUT2D eigenvalue weighted by Gasteiger charge is 2.31. The zero-order valence-corrected chi connectivity index (χ0v) is 14.9. The number of aromatic nitrogens is 1. The van der Waals surface area contributed by atoms with Crippen molar-refractivity contribution in [1.29, 1.82) is 0 Å². The van der Waals surface area contributed by atoms with Gasteiger partial charge in [-0.2, -0.15) is 0 Å². The molecule has 0 atom stereocenters. The first-order valence-electron chi connectivity index (χ1n) is 8.12. The van der Waals surface area contributed by atoms with Crippen LogP contribution in [0.2, 0.25) is 0 Å². The summed E-state index contributed by atoms with van der Waals surface area (Å²) in [5.74, 6) is 0.635. The monoisotopic (exact) mass is 354 g/mol. The number of anilines is 1. The second-order valence-corrected chi connectivity index (χ2v) is 8.10. The minimum atomic E-state index is -3.59. The van der Waals surface area contributed by atoms with Gasteiger partial charge >= 0.3 is 0 Å². The second-order valence-electron chi connectivity index (χ2n) is 6.27. The van der Waals surface area contributed by atoms with Gasteiger partial charge in [0.2, 0.25) is 0 Å². The van der Waals surface area contributed by atoms with Crippen molar-refractivity contribution in [3.05, 3.63) is 65.4 Å². The molecule has 2 aromatic carbocycles. The number of benzene rings is 2. The molecule has 0 N–H and O–H groups in total. The molecule has 1 aliphatic heterocycles. The zero-order valence-electron chi connectivity index (χ0n) is 14.1. The van der Waals surface area contributed by atoms with E-state index in [1.165, 1.54) is 4.31 Å². The first kappa shape index (κ1) is 15.9. The van der Waals surface area contributed by atoms with Gasteiger partial charge in [-0.15, -0.1) is 0 Å². The van der Waals surface area contributed by atoms with Crippen molar-refractivity contribution in [3.8, 4) is 11.3 Å². The van der Waals surface area contributed by atoms with Crippen LogP contribution in [0.25, 0.3) is 11.3 Å². The third-order valence-corrected chi connectivity index (χ3v) is 6.47. The molecule has 0 saturated heterocycles. The van der Waals surface area contributed by atoms with Gasteiger partial charge in [-0.25, -0.2) is 8.42 Å². The second kappa shape index (κ2) is 5.74. The highest BCUT2D eigenvalue weighted by molar-refractivity contribution is 7.93. The van der Waals surface area contributed by atoms with Crippen molar-refractivity contribution in [2.75, 3.05) is 10.8 Å². The van der Waals surface area contributed by atoms with Crippen LogP contribution in [0.5, 0.6) is 0 Å². The van der Waals surface area contributed by atoms with Gasteiger partial charge in [0.15, 0.2) is 5.76 Å². The molecule has 5 nitrogen and oxygen atoms in total. The van der Waals surface area contributed by atoms with E-state index in [2.05, 4.69) is 5.16 Å². The lowest BCUT2D eigenvalue weighted by molar-refractivity contribution is 0.427. The molecule has 2 heterocycles. The topological polar surface area (TPSA) is 63.4 Å². The molecule has 0 fully saturated rings. The highest BCUT2D eigenvalue weighted by atomic mass is 32.2. The number of hydrogen-bond acceptors (Lipinski definition) is 4. The fraction of sp³-hybridized carbons (Fsp3) is 0.211. The van der Waals surface area contributed by atoms with Crippen molar-refractivity contribution in [1.82, 2.24) is 5.16 Å². The molecule has 0 amide bonds. The summed E-state index contributed by atoms with van der Waals surface area (Å²) in [7, 11) is -3.59. The van der Waals surface area contributed by atoms with Crippen LogP contribution in [0, 0.1) is 13.8 Å². The van der Waals surface area contributed by atoms with Crippen LogP contribution in [0.3, 0.4) is 0 Å². The molecule has 25 heavy (non-hydrogen) atoms. The molecule has 0 radical (unpaired) electrons. The first-order chi connectivity index (χ1) is 12.0. The Labute approximate surface area is 146 Å². The van der Waals surface area contributed by atoms with Gasteiger partial charge in [-0.3, -0.25) is 4.31 Å². The van der Waals surface area contributed by atoms with Gasteiger partial charge in [-0.05, 0) is 55.7 Å². The van der Waals surface area contributed by atoms with Crippen molar-refractivity contribution in [2.24, 2.45) is 0 Å². The first-order valence-corrected chi connectivity index (χ1v) is 9.56. The Morgan fingerprint density at radius 3 is 2.60 bits per heavy atom. The lowest BCUT2D eigenvalue weighted by Crippen LogP contribution is -2.29. The van der Waals surface area contributed by atoms with Crippen molar-refractivity contribution < 1.29 is 12.9 Å². The van der Waals surface area contributed by atoms with Crippen LogP contribution in [0.4, 0.5) is 5.69 Å². The van der Waals surface area contributed by atoms with Gasteiger partial charge < -0.3 is 4.52 Å². The average molecular weight is 354 g/mol. The molecular weight excluding hydrogens is 336 g/mol. The predicted octanol–water partition coefficient (Wildman–Crippen LogP) is 3.71. The molecule has 0 spiro atoms. The normalized spacial score (nSPS) is 13.9. The Balaban J connectivity index is 1.74. The maximum Gasteiger partial charge on any atom is 0.264 e. The Morgan fingerprint density at radius 2 is 1.88 bits per heavy atom. The summed E-state index contributed by atoms with van der Waals surface area (Å²) in [5, 5.41) is 3.88. The maximum atomic E-state index is 13.2. The summed E-state index contributed by atoms with van der Waals surface area (Å²) in [6, 6.07) is 14.7. The lowest BCUT2D eigenvalue weighted by atomic mass is 10.1. The SMILES string of the molecule is Cc1cc(-c2ccc(S(=O)(=O)N3CCc4ccccc43)c(C)c2)on1. The fourth-order valence-corrected chi connectivity index (χ4v) is 4.98. The third-order valence-electron chi connectivity index (χ3n) is 4.50. The molecule has 1 aromatic heterocycles. The molecule has 0 saturated carbocycles. The van der Waals surface area contributed by atoms with Crippen molar-refractivity contribution >= 4 is 15.7 Å². The van der Waals surface area contributed by atoms with Gasteiger partial charge in [-0.1, -0.05) is 23.4 Å². The number of rotatable bonds is 3. The van der Waals surface area contributed by atoms with E-state index < -0.39 is 10.0 Å². The molecule has 4 rings (SSSR count). The van der Waals surface area contributed by atoms with Crippen molar-refractivity contribution in [3.63, 3.8) is 0 Å². The van der Waals surface area contributed by atoms with E-state index in [-0.39, 0.29) is 0 Å². The highest BCUT2D eigenvalue weighted by Crippen LogP contribution is 2.34. The Kier molecular flexibility index (Phi) is 3.65. The molecule has 3 aromatic rings. The average Bonchev–Trinajstić information content (AvgIpc) is 3.21. The van der Waals surface area contributed by atoms with Crippen LogP contribution >= 0.6 is 0 Å². The fourth-order valence-electron chi connectivity index (χ4n) is 3.27. The Morgan fingerprint density at radius 1 is 1.08 bits per heavy atom. The molecular formula is C19H18N2O3S. The molecule has 0 aliphatic carbocycles. The standard InChI is InChI=1S/C19H18N2O3S/c1-13-11-16(18-12-14(2)20-24-18)7-8-19(13)25(22,23)21-10-9-15-5-3-4-6-17(15)21/h3-8,11-12H,9-10H2,1-2H3. The molecule has 128 valence electrons.